The van der Waals surface area contributed by atoms with Crippen LogP contribution >= 0.6 is 23.2 Å². The number of hydrogen-bond acceptors (Lipinski definition) is 5. The first-order chi connectivity index (χ1) is 14.4. The lowest BCUT2D eigenvalue weighted by atomic mass is 9.95. The number of aryl methyl sites for hydroxylation is 1. The van der Waals surface area contributed by atoms with Gasteiger partial charge in [0.25, 0.3) is 5.91 Å². The number of carbonyl (C=O) groups is 2. The maximum Gasteiger partial charge on any atom is 0.252 e. The van der Waals surface area contributed by atoms with Crippen LogP contribution in [0.15, 0.2) is 24.3 Å². The van der Waals surface area contributed by atoms with Gasteiger partial charge in [-0.05, 0) is 17.7 Å². The predicted molar refractivity (Wildman–Crippen MR) is 122 cm³/mol. The molecule has 2 aromatic carbocycles. The third kappa shape index (κ3) is 4.55. The molecule has 3 rings (SSSR count). The van der Waals surface area contributed by atoms with Gasteiger partial charge >= 0.3 is 0 Å². The lowest BCUT2D eigenvalue weighted by Gasteiger charge is -2.19. The Hall–Kier alpha value is -2.97. The Bertz CT molecular complexity index is 1200. The lowest BCUT2D eigenvalue weighted by molar-refractivity contribution is -0.128. The summed E-state index contributed by atoms with van der Waals surface area (Å²) in [6.07, 6.45) is 0. The van der Waals surface area contributed by atoms with Crippen LogP contribution in [-0.4, -0.2) is 26.5 Å². The number of imidazole rings is 1. The molecule has 0 bridgehead atoms. The van der Waals surface area contributed by atoms with E-state index >= 15 is 0 Å². The van der Waals surface area contributed by atoms with Crippen molar-refractivity contribution in [1.82, 2.24) is 14.9 Å². The summed E-state index contributed by atoms with van der Waals surface area (Å²) in [4.78, 5) is 28.1. The summed E-state index contributed by atoms with van der Waals surface area (Å²) in [5.41, 5.74) is 6.87. The van der Waals surface area contributed by atoms with Crippen LogP contribution in [0.25, 0.3) is 11.0 Å². The Balaban J connectivity index is 1.95. The fraction of sp³-hybridized carbons (Fsp3) is 0.286. The molecule has 0 spiro atoms. The molecule has 0 unspecified atom stereocenters. The van der Waals surface area contributed by atoms with E-state index < -0.39 is 11.3 Å². The number of nitrogens with two attached hydrogens (primary N) is 1. The van der Waals surface area contributed by atoms with Crippen LogP contribution in [0.3, 0.4) is 0 Å². The molecule has 1 heterocycles. The molecule has 0 saturated heterocycles. The molecule has 3 aromatic rings. The summed E-state index contributed by atoms with van der Waals surface area (Å²) in [5, 5.41) is 16.7. The first-order valence-corrected chi connectivity index (χ1v) is 10.2. The van der Waals surface area contributed by atoms with Crippen LogP contribution in [0, 0.1) is 5.41 Å². The quantitative estimate of drug-likeness (QED) is 0.453. The molecule has 10 heteroatoms. The van der Waals surface area contributed by atoms with Crippen LogP contribution in [-0.2, 0) is 18.4 Å². The number of rotatable bonds is 5. The minimum absolute atomic E-state index is 0.0233. The zero-order valence-electron chi connectivity index (χ0n) is 17.5. The predicted octanol–water partition coefficient (Wildman–Crippen LogP) is 4.09. The SMILES string of the molecule is Cn1c(Nc2c(Cl)ccc(CNC(=O)C(C)(C)C)c2Cl)nc2cc(C(N)=O)c(O)cc21. The Labute approximate surface area is 189 Å². The topological polar surface area (TPSA) is 122 Å². The summed E-state index contributed by atoms with van der Waals surface area (Å²) >= 11 is 12.9. The van der Waals surface area contributed by atoms with Gasteiger partial charge in [-0.25, -0.2) is 4.98 Å². The second kappa shape index (κ2) is 8.28. The number of fused-ring (bicyclic) bond motifs is 1. The summed E-state index contributed by atoms with van der Waals surface area (Å²) in [6.45, 7) is 5.71. The number of nitrogens with zero attached hydrogens (tertiary/aromatic N) is 2. The standard InChI is InChI=1S/C21H23Cl2N5O3/c1-21(2,3)19(31)25-9-10-5-6-12(22)17(16(10)23)27-20-26-13-7-11(18(24)30)15(29)8-14(13)28(20)4/h5-8,29H,9H2,1-4H3,(H2,24,30)(H,25,31)(H,26,27). The number of benzene rings is 2. The Morgan fingerprint density at radius 2 is 1.90 bits per heavy atom. The van der Waals surface area contributed by atoms with Gasteiger partial charge in [-0.1, -0.05) is 50.0 Å². The fourth-order valence-electron chi connectivity index (χ4n) is 2.94. The number of halogens is 2. The van der Waals surface area contributed by atoms with Gasteiger partial charge in [-0.2, -0.15) is 0 Å². The lowest BCUT2D eigenvalue weighted by Crippen LogP contribution is -2.34. The number of phenols is 1. The maximum atomic E-state index is 12.2. The van der Waals surface area contributed by atoms with Gasteiger partial charge in [0.15, 0.2) is 0 Å². The highest BCUT2D eigenvalue weighted by Crippen LogP contribution is 2.36. The smallest absolute Gasteiger partial charge is 0.252 e. The van der Waals surface area contributed by atoms with Crippen molar-refractivity contribution < 1.29 is 14.7 Å². The van der Waals surface area contributed by atoms with Crippen molar-refractivity contribution in [3.05, 3.63) is 45.4 Å². The van der Waals surface area contributed by atoms with E-state index in [4.69, 9.17) is 28.9 Å². The molecule has 5 N–H and O–H groups in total. The Morgan fingerprint density at radius 3 is 2.52 bits per heavy atom. The van der Waals surface area contributed by atoms with E-state index in [9.17, 15) is 14.7 Å². The zero-order valence-corrected chi connectivity index (χ0v) is 19.0. The van der Waals surface area contributed by atoms with Crippen molar-refractivity contribution in [2.45, 2.75) is 27.3 Å². The molecular formula is C21H23Cl2N5O3. The highest BCUT2D eigenvalue weighted by atomic mass is 35.5. The largest absolute Gasteiger partial charge is 0.507 e. The molecule has 0 fully saturated rings. The molecule has 8 nitrogen and oxygen atoms in total. The third-order valence-corrected chi connectivity index (χ3v) is 5.54. The first kappa shape index (κ1) is 22.7. The van der Waals surface area contributed by atoms with Crippen LogP contribution in [0.2, 0.25) is 10.0 Å². The van der Waals surface area contributed by atoms with Gasteiger partial charge in [0.1, 0.15) is 5.75 Å². The highest BCUT2D eigenvalue weighted by Gasteiger charge is 2.22. The van der Waals surface area contributed by atoms with Crippen molar-refractivity contribution in [2.75, 3.05) is 5.32 Å². The van der Waals surface area contributed by atoms with E-state index in [0.29, 0.717) is 38.3 Å². The molecular weight excluding hydrogens is 441 g/mol. The first-order valence-electron chi connectivity index (χ1n) is 9.41. The van der Waals surface area contributed by atoms with Gasteiger partial charge in [0.2, 0.25) is 11.9 Å². The average molecular weight is 464 g/mol. The summed E-state index contributed by atoms with van der Waals surface area (Å²) in [5.74, 6) is -0.706. The van der Waals surface area contributed by atoms with E-state index in [1.165, 1.54) is 12.1 Å². The molecule has 164 valence electrons. The van der Waals surface area contributed by atoms with E-state index in [0.717, 1.165) is 0 Å². The summed E-state index contributed by atoms with van der Waals surface area (Å²) in [7, 11) is 1.73. The molecule has 0 aliphatic carbocycles. The second-order valence-electron chi connectivity index (χ2n) is 8.17. The Morgan fingerprint density at radius 1 is 1.23 bits per heavy atom. The van der Waals surface area contributed by atoms with E-state index in [-0.39, 0.29) is 23.8 Å². The molecule has 0 aliphatic heterocycles. The minimum atomic E-state index is -0.754. The second-order valence-corrected chi connectivity index (χ2v) is 8.96. The number of amides is 2. The number of aromatic hydroxyl groups is 1. The number of hydrogen-bond donors (Lipinski definition) is 4. The van der Waals surface area contributed by atoms with Crippen molar-refractivity contribution in [3.8, 4) is 5.75 Å². The number of carbonyl (C=O) groups excluding carboxylic acids is 2. The monoisotopic (exact) mass is 463 g/mol. The number of nitrogens with one attached hydrogen (secondary N) is 2. The van der Waals surface area contributed by atoms with E-state index in [2.05, 4.69) is 15.6 Å². The van der Waals surface area contributed by atoms with Gasteiger partial charge in [0.05, 0.1) is 32.3 Å². The van der Waals surface area contributed by atoms with Crippen LogP contribution < -0.4 is 16.4 Å². The molecule has 1 aromatic heterocycles. The Kier molecular flexibility index (Phi) is 6.07. The third-order valence-electron chi connectivity index (χ3n) is 4.79. The van der Waals surface area contributed by atoms with Crippen LogP contribution in [0.1, 0.15) is 36.7 Å². The van der Waals surface area contributed by atoms with Gasteiger partial charge in [-0.3, -0.25) is 9.59 Å². The van der Waals surface area contributed by atoms with Crippen molar-refractivity contribution >= 4 is 57.7 Å². The van der Waals surface area contributed by atoms with Gasteiger partial charge in [-0.15, -0.1) is 0 Å². The molecule has 0 saturated carbocycles. The number of primary amides is 1. The molecule has 31 heavy (non-hydrogen) atoms. The normalized spacial score (nSPS) is 11.5. The molecule has 0 aliphatic rings. The van der Waals surface area contributed by atoms with Gasteiger partial charge < -0.3 is 26.0 Å². The molecule has 2 amide bonds. The zero-order chi connectivity index (χ0) is 23.1. The summed E-state index contributed by atoms with van der Waals surface area (Å²) in [6, 6.07) is 6.24. The summed E-state index contributed by atoms with van der Waals surface area (Å²) < 4.78 is 1.68. The van der Waals surface area contributed by atoms with E-state index in [1.807, 2.05) is 20.8 Å². The van der Waals surface area contributed by atoms with E-state index in [1.54, 1.807) is 23.7 Å². The van der Waals surface area contributed by atoms with Crippen LogP contribution in [0.5, 0.6) is 5.75 Å². The van der Waals surface area contributed by atoms with Crippen molar-refractivity contribution in [3.63, 3.8) is 0 Å². The fourth-order valence-corrected chi connectivity index (χ4v) is 3.47. The molecule has 0 radical (unpaired) electrons. The number of anilines is 2. The van der Waals surface area contributed by atoms with Gasteiger partial charge in [0, 0.05) is 25.1 Å². The minimum Gasteiger partial charge on any atom is -0.507 e. The average Bonchev–Trinajstić information content (AvgIpc) is 2.97. The highest BCUT2D eigenvalue weighted by molar-refractivity contribution is 6.39. The number of aromatic nitrogens is 2. The van der Waals surface area contributed by atoms with Crippen molar-refractivity contribution in [1.29, 1.82) is 0 Å². The van der Waals surface area contributed by atoms with Crippen molar-refractivity contribution in [2.24, 2.45) is 18.2 Å². The molecule has 0 atom stereocenters. The van der Waals surface area contributed by atoms with Crippen LogP contribution in [0.4, 0.5) is 11.6 Å². The maximum absolute atomic E-state index is 12.2.